The number of hydrogen-bond donors (Lipinski definition) is 0. The van der Waals surface area contributed by atoms with Crippen LogP contribution in [0.3, 0.4) is 0 Å². The molecule has 4 heteroatoms. The summed E-state index contributed by atoms with van der Waals surface area (Å²) in [7, 11) is 1.33. The van der Waals surface area contributed by atoms with E-state index >= 15 is 0 Å². The molecule has 1 rings (SSSR count). The molecule has 0 saturated heterocycles. The molecule has 13 heavy (non-hydrogen) atoms. The number of hydrogen-bond acceptors (Lipinski definition) is 4. The molecule has 0 unspecified atom stereocenters. The number of nitrogens with zero attached hydrogens (tertiary/aromatic N) is 1. The van der Waals surface area contributed by atoms with E-state index in [1.54, 1.807) is 24.3 Å². The summed E-state index contributed by atoms with van der Waals surface area (Å²) < 4.78 is 4.54. The second-order valence-electron chi connectivity index (χ2n) is 2.21. The zero-order valence-electron chi connectivity index (χ0n) is 6.98. The van der Waals surface area contributed by atoms with Crippen molar-refractivity contribution in [3.05, 3.63) is 29.8 Å². The highest BCUT2D eigenvalue weighted by Crippen LogP contribution is 2.17. The average Bonchev–Trinajstić information content (AvgIpc) is 2.18. The third kappa shape index (κ3) is 2.49. The molecule has 0 amide bonds. The molecule has 0 spiro atoms. The van der Waals surface area contributed by atoms with Gasteiger partial charge in [0, 0.05) is 4.90 Å². The van der Waals surface area contributed by atoms with Gasteiger partial charge in [0.1, 0.15) is 5.40 Å². The molecule has 0 saturated carbocycles. The molecule has 0 aliphatic rings. The third-order valence-corrected chi connectivity index (χ3v) is 2.00. The van der Waals surface area contributed by atoms with Gasteiger partial charge in [-0.1, -0.05) is 6.07 Å². The highest BCUT2D eigenvalue weighted by molar-refractivity contribution is 8.03. The lowest BCUT2D eigenvalue weighted by Crippen LogP contribution is -2.00. The van der Waals surface area contributed by atoms with Crippen LogP contribution >= 0.6 is 11.8 Å². The number of thiocyanates is 1. The summed E-state index contributed by atoms with van der Waals surface area (Å²) in [5, 5.41) is 10.3. The van der Waals surface area contributed by atoms with E-state index in [2.05, 4.69) is 4.74 Å². The van der Waals surface area contributed by atoms with Gasteiger partial charge in [-0.25, -0.2) is 4.79 Å². The van der Waals surface area contributed by atoms with Crippen molar-refractivity contribution in [2.45, 2.75) is 4.90 Å². The van der Waals surface area contributed by atoms with Gasteiger partial charge < -0.3 is 4.74 Å². The van der Waals surface area contributed by atoms with Crippen LogP contribution in [0.25, 0.3) is 0 Å². The summed E-state index contributed by atoms with van der Waals surface area (Å²) in [6.45, 7) is 0. The summed E-state index contributed by atoms with van der Waals surface area (Å²) in [5.41, 5.74) is 0.461. The summed E-state index contributed by atoms with van der Waals surface area (Å²) in [5.74, 6) is -0.389. The topological polar surface area (TPSA) is 50.1 Å². The van der Waals surface area contributed by atoms with Gasteiger partial charge in [-0.05, 0) is 30.0 Å². The minimum atomic E-state index is -0.389. The summed E-state index contributed by atoms with van der Waals surface area (Å²) >= 11 is 1.02. The number of carbonyl (C=O) groups excluding carboxylic acids is 1. The molecule has 0 radical (unpaired) electrons. The first-order valence-electron chi connectivity index (χ1n) is 3.52. The van der Waals surface area contributed by atoms with Gasteiger partial charge >= 0.3 is 5.97 Å². The van der Waals surface area contributed by atoms with Crippen LogP contribution < -0.4 is 0 Å². The fraction of sp³-hybridized carbons (Fsp3) is 0.111. The largest absolute Gasteiger partial charge is 0.465 e. The van der Waals surface area contributed by atoms with Crippen molar-refractivity contribution in [2.24, 2.45) is 0 Å². The molecular weight excluding hydrogens is 186 g/mol. The van der Waals surface area contributed by atoms with E-state index in [1.807, 2.05) is 5.40 Å². The Labute approximate surface area is 80.3 Å². The van der Waals surface area contributed by atoms with Crippen LogP contribution in [-0.2, 0) is 4.74 Å². The SMILES string of the molecule is COC(=O)c1cccc(SC#N)c1. The summed E-state index contributed by atoms with van der Waals surface area (Å²) in [6.07, 6.45) is 0. The Balaban J connectivity index is 2.93. The van der Waals surface area contributed by atoms with Gasteiger partial charge in [0.25, 0.3) is 0 Å². The number of methoxy groups -OCH3 is 1. The molecule has 1 aromatic carbocycles. The Bertz CT molecular complexity index is 357. The number of benzene rings is 1. The monoisotopic (exact) mass is 193 g/mol. The van der Waals surface area contributed by atoms with Gasteiger partial charge in [-0.3, -0.25) is 0 Å². The Morgan fingerprint density at radius 3 is 3.00 bits per heavy atom. The zero-order chi connectivity index (χ0) is 9.68. The molecule has 66 valence electrons. The van der Waals surface area contributed by atoms with Gasteiger partial charge in [-0.2, -0.15) is 5.26 Å². The predicted octanol–water partition coefficient (Wildman–Crippen LogP) is 2.05. The van der Waals surface area contributed by atoms with E-state index in [0.29, 0.717) is 5.56 Å². The maximum Gasteiger partial charge on any atom is 0.337 e. The Hall–Kier alpha value is -1.47. The predicted molar refractivity (Wildman–Crippen MR) is 49.3 cm³/mol. The first-order valence-corrected chi connectivity index (χ1v) is 4.34. The maximum atomic E-state index is 11.1. The van der Waals surface area contributed by atoms with Crippen molar-refractivity contribution in [1.82, 2.24) is 0 Å². The van der Waals surface area contributed by atoms with Crippen molar-refractivity contribution >= 4 is 17.7 Å². The van der Waals surface area contributed by atoms with Gasteiger partial charge in [0.05, 0.1) is 12.7 Å². The standard InChI is InChI=1S/C9H7NO2S/c1-12-9(11)7-3-2-4-8(5-7)13-6-10/h2-5H,1H3. The maximum absolute atomic E-state index is 11.1. The van der Waals surface area contributed by atoms with Crippen molar-refractivity contribution in [2.75, 3.05) is 7.11 Å². The Kier molecular flexibility index (Phi) is 3.35. The van der Waals surface area contributed by atoms with E-state index in [0.717, 1.165) is 16.7 Å². The molecule has 0 atom stereocenters. The first kappa shape index (κ1) is 9.62. The number of esters is 1. The summed E-state index contributed by atoms with van der Waals surface area (Å²) in [4.78, 5) is 11.8. The highest BCUT2D eigenvalue weighted by Gasteiger charge is 2.04. The highest BCUT2D eigenvalue weighted by atomic mass is 32.2. The molecule has 0 heterocycles. The molecule has 0 N–H and O–H groups in total. The van der Waals surface area contributed by atoms with E-state index in [-0.39, 0.29) is 5.97 Å². The second kappa shape index (κ2) is 4.53. The summed E-state index contributed by atoms with van der Waals surface area (Å²) in [6, 6.07) is 6.75. The van der Waals surface area contributed by atoms with Crippen LogP contribution in [0.1, 0.15) is 10.4 Å². The fourth-order valence-electron chi connectivity index (χ4n) is 0.857. The lowest BCUT2D eigenvalue weighted by Gasteiger charge is -1.99. The molecular formula is C9H7NO2S. The average molecular weight is 193 g/mol. The molecule has 3 nitrogen and oxygen atoms in total. The van der Waals surface area contributed by atoms with E-state index in [1.165, 1.54) is 7.11 Å². The first-order chi connectivity index (χ1) is 6.27. The van der Waals surface area contributed by atoms with Crippen LogP contribution in [0.15, 0.2) is 29.2 Å². The molecule has 0 aliphatic carbocycles. The number of ether oxygens (including phenoxy) is 1. The van der Waals surface area contributed by atoms with Crippen molar-refractivity contribution in [3.63, 3.8) is 0 Å². The lowest BCUT2D eigenvalue weighted by molar-refractivity contribution is 0.0600. The smallest absolute Gasteiger partial charge is 0.337 e. The quantitative estimate of drug-likeness (QED) is 0.409. The normalized spacial score (nSPS) is 8.92. The van der Waals surface area contributed by atoms with Gasteiger partial charge in [0.2, 0.25) is 0 Å². The van der Waals surface area contributed by atoms with E-state index < -0.39 is 0 Å². The van der Waals surface area contributed by atoms with Crippen molar-refractivity contribution in [3.8, 4) is 5.40 Å². The third-order valence-electron chi connectivity index (χ3n) is 1.42. The molecule has 0 bridgehead atoms. The molecule has 0 aromatic heterocycles. The minimum absolute atomic E-state index is 0.389. The Morgan fingerprint density at radius 2 is 2.38 bits per heavy atom. The zero-order valence-corrected chi connectivity index (χ0v) is 7.80. The Morgan fingerprint density at radius 1 is 1.62 bits per heavy atom. The minimum Gasteiger partial charge on any atom is -0.465 e. The van der Waals surface area contributed by atoms with Gasteiger partial charge in [0.15, 0.2) is 0 Å². The molecule has 0 aliphatic heterocycles. The van der Waals surface area contributed by atoms with Crippen LogP contribution in [-0.4, -0.2) is 13.1 Å². The fourth-order valence-corrected chi connectivity index (χ4v) is 1.30. The number of rotatable bonds is 2. The van der Waals surface area contributed by atoms with Crippen LogP contribution in [0.5, 0.6) is 0 Å². The van der Waals surface area contributed by atoms with Crippen molar-refractivity contribution in [1.29, 1.82) is 5.26 Å². The van der Waals surface area contributed by atoms with Crippen LogP contribution in [0.2, 0.25) is 0 Å². The van der Waals surface area contributed by atoms with Crippen LogP contribution in [0.4, 0.5) is 0 Å². The van der Waals surface area contributed by atoms with Gasteiger partial charge in [-0.15, -0.1) is 0 Å². The number of carbonyl (C=O) groups is 1. The molecule has 1 aromatic rings. The number of nitriles is 1. The van der Waals surface area contributed by atoms with Crippen molar-refractivity contribution < 1.29 is 9.53 Å². The molecule has 0 fully saturated rings. The number of thioether (sulfide) groups is 1. The van der Waals surface area contributed by atoms with E-state index in [4.69, 9.17) is 5.26 Å². The van der Waals surface area contributed by atoms with E-state index in [9.17, 15) is 4.79 Å². The van der Waals surface area contributed by atoms with Crippen LogP contribution in [0, 0.1) is 10.7 Å². The second-order valence-corrected chi connectivity index (χ2v) is 3.07. The lowest BCUT2D eigenvalue weighted by atomic mass is 10.2.